The number of fused-ring (bicyclic) bond motifs is 1. The van der Waals surface area contributed by atoms with Gasteiger partial charge in [0.2, 0.25) is 0 Å². The van der Waals surface area contributed by atoms with Crippen molar-refractivity contribution in [2.45, 2.75) is 32.2 Å². The number of aryl methyl sites for hydroxylation is 1. The molecule has 0 saturated heterocycles. The summed E-state index contributed by atoms with van der Waals surface area (Å²) in [6, 6.07) is 10.4. The first-order valence-corrected chi connectivity index (χ1v) is 9.39. The van der Waals surface area contributed by atoms with Gasteiger partial charge in [-0.25, -0.2) is 14.4 Å². The van der Waals surface area contributed by atoms with Gasteiger partial charge in [-0.2, -0.15) is 0 Å². The molecule has 1 aliphatic rings. The van der Waals surface area contributed by atoms with Crippen molar-refractivity contribution in [3.63, 3.8) is 0 Å². The summed E-state index contributed by atoms with van der Waals surface area (Å²) < 4.78 is 15.5. The maximum Gasteiger partial charge on any atom is 0.126 e. The van der Waals surface area contributed by atoms with Crippen molar-refractivity contribution >= 4 is 5.82 Å². The lowest BCUT2D eigenvalue weighted by Gasteiger charge is -2.16. The number of nitrogens with one attached hydrogen (secondary N) is 1. The highest BCUT2D eigenvalue weighted by Gasteiger charge is 2.29. The van der Waals surface area contributed by atoms with Crippen molar-refractivity contribution in [1.29, 1.82) is 0 Å². The summed E-state index contributed by atoms with van der Waals surface area (Å²) in [5, 5.41) is 13.2. The van der Waals surface area contributed by atoms with Gasteiger partial charge in [-0.05, 0) is 49.2 Å². The fourth-order valence-electron chi connectivity index (χ4n) is 3.66. The van der Waals surface area contributed by atoms with Crippen LogP contribution in [0.15, 0.2) is 42.6 Å². The Kier molecular flexibility index (Phi) is 4.90. The summed E-state index contributed by atoms with van der Waals surface area (Å²) in [7, 11) is 0. The van der Waals surface area contributed by atoms with Gasteiger partial charge >= 0.3 is 0 Å². The number of anilines is 1. The van der Waals surface area contributed by atoms with E-state index in [9.17, 15) is 9.50 Å². The average molecular weight is 366 g/mol. The minimum atomic E-state index is -0.268. The van der Waals surface area contributed by atoms with Crippen molar-refractivity contribution in [3.8, 4) is 22.5 Å². The number of hydrogen-bond acceptors (Lipinski definition) is 4. The predicted octanol–water partition coefficient (Wildman–Crippen LogP) is 4.05. The Morgan fingerprint density at radius 2 is 2.04 bits per heavy atom. The second-order valence-electron chi connectivity index (χ2n) is 6.83. The molecule has 4 rings (SSSR count). The zero-order valence-corrected chi connectivity index (χ0v) is 15.3. The molecule has 3 aromatic rings. The first kappa shape index (κ1) is 17.7. The number of aliphatic hydroxyl groups excluding tert-OH is 1. The van der Waals surface area contributed by atoms with Crippen molar-refractivity contribution < 1.29 is 9.50 Å². The molecule has 5 nitrogen and oxygen atoms in total. The predicted molar refractivity (Wildman–Crippen MR) is 104 cm³/mol. The highest BCUT2D eigenvalue weighted by molar-refractivity contribution is 5.80. The molecule has 1 atom stereocenters. The first-order chi connectivity index (χ1) is 13.2. The van der Waals surface area contributed by atoms with Crippen molar-refractivity contribution in [2.75, 3.05) is 18.5 Å². The van der Waals surface area contributed by atoms with Crippen LogP contribution in [-0.2, 0) is 6.42 Å². The van der Waals surface area contributed by atoms with Gasteiger partial charge in [-0.1, -0.05) is 6.92 Å². The molecule has 2 N–H and O–H groups in total. The lowest BCUT2D eigenvalue weighted by Crippen LogP contribution is -2.10. The van der Waals surface area contributed by atoms with Crippen LogP contribution in [-0.4, -0.2) is 32.8 Å². The molecule has 3 heterocycles. The summed E-state index contributed by atoms with van der Waals surface area (Å²) >= 11 is 0. The normalized spacial score (nSPS) is 15.7. The van der Waals surface area contributed by atoms with E-state index in [0.717, 1.165) is 60.0 Å². The number of nitrogens with zero attached hydrogens (tertiary/aromatic N) is 3. The Hall–Kier alpha value is -2.73. The Morgan fingerprint density at radius 1 is 1.22 bits per heavy atom. The summed E-state index contributed by atoms with van der Waals surface area (Å²) in [6.07, 6.45) is 4.50. The van der Waals surface area contributed by atoms with Crippen LogP contribution in [0.2, 0.25) is 0 Å². The largest absolute Gasteiger partial charge is 0.394 e. The highest BCUT2D eigenvalue weighted by atomic mass is 19.1. The molecule has 0 fully saturated rings. The number of benzene rings is 1. The van der Waals surface area contributed by atoms with Crippen molar-refractivity contribution in [2.24, 2.45) is 0 Å². The molecule has 0 radical (unpaired) electrons. The van der Waals surface area contributed by atoms with Gasteiger partial charge in [0, 0.05) is 30.3 Å². The number of hydrogen-bond donors (Lipinski definition) is 2. The molecule has 0 spiro atoms. The van der Waals surface area contributed by atoms with Crippen LogP contribution < -0.4 is 5.32 Å². The van der Waals surface area contributed by atoms with Crippen LogP contribution in [0.1, 0.15) is 31.6 Å². The van der Waals surface area contributed by atoms with Gasteiger partial charge in [-0.15, -0.1) is 0 Å². The van der Waals surface area contributed by atoms with Gasteiger partial charge in [-0.3, -0.25) is 0 Å². The third kappa shape index (κ3) is 3.32. The smallest absolute Gasteiger partial charge is 0.126 e. The lowest BCUT2D eigenvalue weighted by molar-refractivity contribution is 0.234. The van der Waals surface area contributed by atoms with E-state index in [2.05, 4.69) is 21.8 Å². The van der Waals surface area contributed by atoms with Gasteiger partial charge in [0.15, 0.2) is 0 Å². The van der Waals surface area contributed by atoms with E-state index < -0.39 is 0 Å². The van der Waals surface area contributed by atoms with E-state index in [4.69, 9.17) is 4.98 Å². The van der Waals surface area contributed by atoms with Gasteiger partial charge in [0.1, 0.15) is 17.5 Å². The van der Waals surface area contributed by atoms with Gasteiger partial charge < -0.3 is 15.0 Å². The number of halogens is 1. The number of aromatic nitrogens is 3. The minimum Gasteiger partial charge on any atom is -0.394 e. The monoisotopic (exact) mass is 366 g/mol. The maximum absolute atomic E-state index is 13.4. The van der Waals surface area contributed by atoms with Gasteiger partial charge in [0.25, 0.3) is 0 Å². The summed E-state index contributed by atoms with van der Waals surface area (Å²) in [5.74, 6) is 1.51. The fourth-order valence-corrected chi connectivity index (χ4v) is 3.66. The van der Waals surface area contributed by atoms with Gasteiger partial charge in [0.05, 0.1) is 24.0 Å². The van der Waals surface area contributed by atoms with E-state index in [-0.39, 0.29) is 18.5 Å². The molecule has 6 heteroatoms. The van der Waals surface area contributed by atoms with E-state index in [1.807, 2.05) is 12.1 Å². The second kappa shape index (κ2) is 7.48. The molecule has 0 unspecified atom stereocenters. The van der Waals surface area contributed by atoms with Crippen LogP contribution in [0.3, 0.4) is 0 Å². The molecule has 0 aliphatic carbocycles. The lowest BCUT2D eigenvalue weighted by atomic mass is 10.0. The fraction of sp³-hybridized carbons (Fsp3) is 0.333. The van der Waals surface area contributed by atoms with Crippen LogP contribution in [0.25, 0.3) is 22.5 Å². The Morgan fingerprint density at radius 3 is 2.78 bits per heavy atom. The average Bonchev–Trinajstić information content (AvgIpc) is 3.26. The van der Waals surface area contributed by atoms with E-state index in [0.29, 0.717) is 0 Å². The zero-order valence-electron chi connectivity index (χ0n) is 15.3. The summed E-state index contributed by atoms with van der Waals surface area (Å²) in [4.78, 5) is 9.24. The van der Waals surface area contributed by atoms with E-state index >= 15 is 0 Å². The van der Waals surface area contributed by atoms with Crippen LogP contribution in [0.4, 0.5) is 10.2 Å². The maximum atomic E-state index is 13.4. The molecule has 0 saturated carbocycles. The quantitative estimate of drug-likeness (QED) is 0.691. The third-order valence-corrected chi connectivity index (χ3v) is 4.97. The molecule has 27 heavy (non-hydrogen) atoms. The third-order valence-electron chi connectivity index (χ3n) is 4.97. The molecule has 0 amide bonds. The van der Waals surface area contributed by atoms with Crippen LogP contribution in [0, 0.1) is 5.82 Å². The van der Waals surface area contributed by atoms with Crippen LogP contribution >= 0.6 is 0 Å². The van der Waals surface area contributed by atoms with E-state index in [1.165, 1.54) is 12.1 Å². The van der Waals surface area contributed by atoms with E-state index in [1.54, 1.807) is 18.3 Å². The molecule has 140 valence electrons. The molecular weight excluding hydrogens is 343 g/mol. The summed E-state index contributed by atoms with van der Waals surface area (Å²) in [6.45, 7) is 3.04. The number of imidazole rings is 1. The Balaban J connectivity index is 1.86. The molecule has 0 bridgehead atoms. The number of pyridine rings is 1. The zero-order chi connectivity index (χ0) is 18.8. The topological polar surface area (TPSA) is 63.0 Å². The second-order valence-corrected chi connectivity index (χ2v) is 6.83. The van der Waals surface area contributed by atoms with Crippen LogP contribution in [0.5, 0.6) is 0 Å². The Labute approximate surface area is 157 Å². The molecule has 1 aromatic carbocycles. The first-order valence-electron chi connectivity index (χ1n) is 9.39. The van der Waals surface area contributed by atoms with Crippen molar-refractivity contribution in [3.05, 3.63) is 54.2 Å². The standard InChI is InChI=1S/C21H23FN4O/c1-2-10-23-18-12-15(9-11-24-18)21-20(14-3-5-16(22)6-4-14)25-19-8-7-17(13-27)26(19)21/h3-6,9,11-12,17,27H,2,7-8,10,13H2,1H3,(H,23,24)/t17-/m0/s1. The number of aliphatic hydroxyl groups is 1. The molecule has 2 aromatic heterocycles. The molecular formula is C21H23FN4O. The Bertz CT molecular complexity index is 936. The van der Waals surface area contributed by atoms with Crippen molar-refractivity contribution in [1.82, 2.24) is 14.5 Å². The SMILES string of the molecule is CCCNc1cc(-c2c(-c3ccc(F)cc3)nc3n2[C@H](CO)CC3)ccn1. The molecule has 1 aliphatic heterocycles. The highest BCUT2D eigenvalue weighted by Crippen LogP contribution is 2.39. The minimum absolute atomic E-state index is 0.0110. The summed E-state index contributed by atoms with van der Waals surface area (Å²) in [5.41, 5.74) is 3.62. The number of rotatable bonds is 6.